The average Bonchev–Trinajstić information content (AvgIpc) is 3.36. The number of nitrogens with zero attached hydrogens (tertiary/aromatic N) is 3. The van der Waals surface area contributed by atoms with Gasteiger partial charge in [-0.1, -0.05) is 11.2 Å². The molecule has 0 radical (unpaired) electrons. The van der Waals surface area contributed by atoms with E-state index in [4.69, 9.17) is 9.26 Å². The first kappa shape index (κ1) is 16.7. The molecule has 3 aromatic rings. The largest absolute Gasteiger partial charge is 0.473 e. The van der Waals surface area contributed by atoms with Gasteiger partial charge in [-0.2, -0.15) is 0 Å². The normalized spacial score (nSPS) is 19.8. The van der Waals surface area contributed by atoms with Crippen molar-refractivity contribution in [2.75, 3.05) is 0 Å². The van der Waals surface area contributed by atoms with Gasteiger partial charge in [0.2, 0.25) is 5.88 Å². The first-order valence-electron chi connectivity index (χ1n) is 8.52. The molecule has 0 aliphatic heterocycles. The summed E-state index contributed by atoms with van der Waals surface area (Å²) in [7, 11) is 0. The first-order valence-corrected chi connectivity index (χ1v) is 9.40. The van der Waals surface area contributed by atoms with Gasteiger partial charge in [-0.25, -0.2) is 4.98 Å². The van der Waals surface area contributed by atoms with E-state index in [1.165, 1.54) is 0 Å². The molecule has 4 rings (SSSR count). The fourth-order valence-electron chi connectivity index (χ4n) is 3.02. The summed E-state index contributed by atoms with van der Waals surface area (Å²) in [5.41, 5.74) is 0.311. The van der Waals surface area contributed by atoms with E-state index in [9.17, 15) is 4.79 Å². The Bertz CT molecular complexity index is 842. The van der Waals surface area contributed by atoms with E-state index in [0.717, 1.165) is 30.6 Å². The zero-order chi connectivity index (χ0) is 17.8. The second kappa shape index (κ2) is 7.65. The monoisotopic (exact) mass is 370 g/mol. The van der Waals surface area contributed by atoms with Crippen molar-refractivity contribution >= 4 is 17.2 Å². The van der Waals surface area contributed by atoms with Crippen LogP contribution < -0.4 is 10.1 Å². The highest BCUT2D eigenvalue weighted by Crippen LogP contribution is 2.26. The van der Waals surface area contributed by atoms with E-state index in [2.05, 4.69) is 20.4 Å². The molecular weight excluding hydrogens is 352 g/mol. The van der Waals surface area contributed by atoms with Crippen LogP contribution in [-0.2, 0) is 0 Å². The molecule has 3 aromatic heterocycles. The van der Waals surface area contributed by atoms with Gasteiger partial charge in [-0.15, -0.1) is 11.3 Å². The predicted molar refractivity (Wildman–Crippen MR) is 96.0 cm³/mol. The highest BCUT2D eigenvalue weighted by molar-refractivity contribution is 7.13. The van der Waals surface area contributed by atoms with Crippen molar-refractivity contribution in [2.45, 2.75) is 37.8 Å². The van der Waals surface area contributed by atoms with E-state index in [0.29, 0.717) is 17.3 Å². The zero-order valence-electron chi connectivity index (χ0n) is 14.0. The van der Waals surface area contributed by atoms with Crippen molar-refractivity contribution in [3.63, 3.8) is 0 Å². The van der Waals surface area contributed by atoms with Crippen molar-refractivity contribution in [1.29, 1.82) is 0 Å². The van der Waals surface area contributed by atoms with Crippen LogP contribution in [0.25, 0.3) is 10.6 Å². The number of hydrogen-bond acceptors (Lipinski definition) is 7. The summed E-state index contributed by atoms with van der Waals surface area (Å²) < 4.78 is 11.1. The molecule has 1 aliphatic rings. The molecule has 8 heteroatoms. The third-order valence-corrected chi connectivity index (χ3v) is 5.23. The zero-order valence-corrected chi connectivity index (χ0v) is 14.8. The Balaban J connectivity index is 1.28. The topological polar surface area (TPSA) is 90.1 Å². The van der Waals surface area contributed by atoms with Crippen LogP contribution >= 0.6 is 11.3 Å². The summed E-state index contributed by atoms with van der Waals surface area (Å²) in [6.45, 7) is 0. The SMILES string of the molecule is O=C(NC1CCC(Oc2cnccn2)CC1)c1cc(-c2cccs2)on1. The van der Waals surface area contributed by atoms with E-state index in [1.807, 2.05) is 17.5 Å². The van der Waals surface area contributed by atoms with Crippen LogP contribution in [0.4, 0.5) is 0 Å². The van der Waals surface area contributed by atoms with Crippen LogP contribution in [0.15, 0.2) is 46.7 Å². The Hall–Kier alpha value is -2.74. The number of carbonyl (C=O) groups is 1. The average molecular weight is 370 g/mol. The van der Waals surface area contributed by atoms with E-state index in [-0.39, 0.29) is 18.1 Å². The summed E-state index contributed by atoms with van der Waals surface area (Å²) in [5, 5.41) is 8.88. The smallest absolute Gasteiger partial charge is 0.273 e. The number of hydrogen-bond donors (Lipinski definition) is 1. The minimum atomic E-state index is -0.199. The molecule has 0 atom stereocenters. The molecule has 1 saturated carbocycles. The highest BCUT2D eigenvalue weighted by atomic mass is 32.1. The third kappa shape index (κ3) is 3.91. The maximum absolute atomic E-state index is 12.4. The van der Waals surface area contributed by atoms with Crippen LogP contribution in [0.3, 0.4) is 0 Å². The van der Waals surface area contributed by atoms with Gasteiger partial charge in [-0.3, -0.25) is 9.78 Å². The van der Waals surface area contributed by atoms with Crippen molar-refractivity contribution in [3.8, 4) is 16.5 Å². The first-order chi connectivity index (χ1) is 12.8. The van der Waals surface area contributed by atoms with Gasteiger partial charge in [0.15, 0.2) is 11.5 Å². The molecule has 0 spiro atoms. The number of amides is 1. The Labute approximate surface area is 154 Å². The second-order valence-corrected chi connectivity index (χ2v) is 7.11. The summed E-state index contributed by atoms with van der Waals surface area (Å²) in [4.78, 5) is 21.5. The lowest BCUT2D eigenvalue weighted by Crippen LogP contribution is -2.39. The maximum atomic E-state index is 12.4. The van der Waals surface area contributed by atoms with Crippen LogP contribution in [0.1, 0.15) is 36.2 Å². The summed E-state index contributed by atoms with van der Waals surface area (Å²) in [5.74, 6) is 0.963. The lowest BCUT2D eigenvalue weighted by molar-refractivity contribution is 0.0881. The van der Waals surface area contributed by atoms with Crippen molar-refractivity contribution in [1.82, 2.24) is 20.4 Å². The molecule has 7 nitrogen and oxygen atoms in total. The molecule has 1 N–H and O–H groups in total. The predicted octanol–water partition coefficient (Wildman–Crippen LogP) is 3.31. The highest BCUT2D eigenvalue weighted by Gasteiger charge is 2.25. The number of carbonyl (C=O) groups excluding carboxylic acids is 1. The summed E-state index contributed by atoms with van der Waals surface area (Å²) in [6, 6.07) is 5.67. The number of thiophene rings is 1. The van der Waals surface area contributed by atoms with Crippen molar-refractivity contribution in [3.05, 3.63) is 47.9 Å². The number of rotatable bonds is 5. The molecule has 0 aromatic carbocycles. The van der Waals surface area contributed by atoms with Gasteiger partial charge < -0.3 is 14.6 Å². The molecule has 1 aliphatic carbocycles. The second-order valence-electron chi connectivity index (χ2n) is 6.16. The Kier molecular flexibility index (Phi) is 4.92. The Morgan fingerprint density at radius 1 is 1.27 bits per heavy atom. The van der Waals surface area contributed by atoms with E-state index < -0.39 is 0 Å². The Morgan fingerprint density at radius 2 is 2.15 bits per heavy atom. The summed E-state index contributed by atoms with van der Waals surface area (Å²) in [6.07, 6.45) is 8.39. The van der Waals surface area contributed by atoms with Crippen LogP contribution in [-0.4, -0.2) is 33.2 Å². The number of ether oxygens (including phenoxy) is 1. The third-order valence-electron chi connectivity index (χ3n) is 4.34. The number of aromatic nitrogens is 3. The van der Waals surface area contributed by atoms with Crippen molar-refractivity contribution in [2.24, 2.45) is 0 Å². The standard InChI is InChI=1S/C18H18N4O3S/c23-18(14-10-15(25-22-14)16-2-1-9-26-16)21-12-3-5-13(6-4-12)24-17-11-19-7-8-20-17/h1-2,7-13H,3-6H2,(H,21,23). The molecule has 1 amide bonds. The molecule has 0 saturated heterocycles. The molecule has 0 bridgehead atoms. The fourth-order valence-corrected chi connectivity index (χ4v) is 3.69. The van der Waals surface area contributed by atoms with Gasteiger partial charge in [0.1, 0.15) is 6.10 Å². The minimum Gasteiger partial charge on any atom is -0.473 e. The van der Waals surface area contributed by atoms with Gasteiger partial charge >= 0.3 is 0 Å². The van der Waals surface area contributed by atoms with E-state index >= 15 is 0 Å². The number of nitrogens with one attached hydrogen (secondary N) is 1. The molecule has 0 unspecified atom stereocenters. The quantitative estimate of drug-likeness (QED) is 0.741. The molecular formula is C18H18N4O3S. The van der Waals surface area contributed by atoms with Gasteiger partial charge in [0, 0.05) is 24.5 Å². The minimum absolute atomic E-state index is 0.109. The molecule has 134 valence electrons. The van der Waals surface area contributed by atoms with Crippen LogP contribution in [0.5, 0.6) is 5.88 Å². The molecule has 3 heterocycles. The lowest BCUT2D eigenvalue weighted by atomic mass is 9.93. The van der Waals surface area contributed by atoms with Gasteiger partial charge in [-0.05, 0) is 37.1 Å². The van der Waals surface area contributed by atoms with Gasteiger partial charge in [0.25, 0.3) is 5.91 Å². The van der Waals surface area contributed by atoms with E-state index in [1.54, 1.807) is 36.0 Å². The summed E-state index contributed by atoms with van der Waals surface area (Å²) >= 11 is 1.55. The fraction of sp³-hybridized carbons (Fsp3) is 0.333. The lowest BCUT2D eigenvalue weighted by Gasteiger charge is -2.28. The molecule has 26 heavy (non-hydrogen) atoms. The van der Waals surface area contributed by atoms with Gasteiger partial charge in [0.05, 0.1) is 11.1 Å². The Morgan fingerprint density at radius 3 is 2.88 bits per heavy atom. The molecule has 1 fully saturated rings. The van der Waals surface area contributed by atoms with Crippen LogP contribution in [0, 0.1) is 0 Å². The van der Waals surface area contributed by atoms with Crippen LogP contribution in [0.2, 0.25) is 0 Å². The van der Waals surface area contributed by atoms with Crippen molar-refractivity contribution < 1.29 is 14.1 Å². The maximum Gasteiger partial charge on any atom is 0.273 e.